The molecule has 0 spiro atoms. The van der Waals surface area contributed by atoms with E-state index in [1.54, 1.807) is 4.90 Å². The van der Waals surface area contributed by atoms with E-state index >= 15 is 0 Å². The Hall–Kier alpha value is -1.30. The first kappa shape index (κ1) is 15.1. The molecule has 6 heteroatoms. The summed E-state index contributed by atoms with van der Waals surface area (Å²) in [6.45, 7) is 1.84. The molecule has 2 rings (SSSR count). The summed E-state index contributed by atoms with van der Waals surface area (Å²) in [5.74, 6) is -0.325. The molecule has 0 bridgehead atoms. The van der Waals surface area contributed by atoms with Crippen molar-refractivity contribution < 1.29 is 19.8 Å². The van der Waals surface area contributed by atoms with Gasteiger partial charge in [0.2, 0.25) is 0 Å². The number of aliphatic carboxylic acids is 1. The van der Waals surface area contributed by atoms with E-state index in [0.29, 0.717) is 38.0 Å². The van der Waals surface area contributed by atoms with Crippen LogP contribution in [0.2, 0.25) is 0 Å². The quantitative estimate of drug-likeness (QED) is 0.766. The zero-order chi connectivity index (χ0) is 14.5. The molecular formula is C14H24N2O4. The van der Waals surface area contributed by atoms with Gasteiger partial charge in [0, 0.05) is 32.1 Å². The third-order valence-electron chi connectivity index (χ3n) is 4.23. The van der Waals surface area contributed by atoms with Gasteiger partial charge in [0.1, 0.15) is 0 Å². The Kier molecular flexibility index (Phi) is 5.23. The lowest BCUT2D eigenvalue weighted by atomic mass is 9.92. The van der Waals surface area contributed by atoms with Crippen molar-refractivity contribution in [3.63, 3.8) is 0 Å². The molecule has 0 radical (unpaired) electrons. The van der Waals surface area contributed by atoms with Gasteiger partial charge in [-0.25, -0.2) is 4.79 Å². The van der Waals surface area contributed by atoms with Gasteiger partial charge >= 0.3 is 12.0 Å². The predicted molar refractivity (Wildman–Crippen MR) is 73.4 cm³/mol. The van der Waals surface area contributed by atoms with Crippen LogP contribution in [-0.4, -0.2) is 64.3 Å². The summed E-state index contributed by atoms with van der Waals surface area (Å²) in [6.07, 6.45) is 4.78. The van der Waals surface area contributed by atoms with E-state index in [1.165, 1.54) is 0 Å². The molecule has 1 saturated heterocycles. The first-order valence-corrected chi connectivity index (χ1v) is 7.50. The van der Waals surface area contributed by atoms with Gasteiger partial charge < -0.3 is 20.0 Å². The minimum absolute atomic E-state index is 0.0112. The lowest BCUT2D eigenvalue weighted by molar-refractivity contribution is -0.137. The fourth-order valence-electron chi connectivity index (χ4n) is 2.85. The predicted octanol–water partition coefficient (Wildman–Crippen LogP) is 1.14. The van der Waals surface area contributed by atoms with Crippen molar-refractivity contribution in [3.05, 3.63) is 0 Å². The molecule has 114 valence electrons. The van der Waals surface area contributed by atoms with Crippen LogP contribution < -0.4 is 0 Å². The number of likely N-dealkylation sites (tertiary alicyclic amines) is 1. The van der Waals surface area contributed by atoms with Crippen molar-refractivity contribution in [2.75, 3.05) is 26.2 Å². The van der Waals surface area contributed by atoms with Crippen LogP contribution in [0.3, 0.4) is 0 Å². The summed E-state index contributed by atoms with van der Waals surface area (Å²) >= 11 is 0. The normalized spacial score (nSPS) is 19.9. The number of hydrogen-bond donors (Lipinski definition) is 2. The largest absolute Gasteiger partial charge is 0.481 e. The fourth-order valence-corrected chi connectivity index (χ4v) is 2.85. The standard InChI is InChI=1S/C14H24N2O4/c17-10-9-16(12-2-3-12)14(20)15-7-5-11(6-8-15)1-4-13(18)19/h11-12,17H,1-10H2,(H,18,19). The third-order valence-corrected chi connectivity index (χ3v) is 4.23. The number of carbonyl (C=O) groups is 2. The number of hydrogen-bond acceptors (Lipinski definition) is 3. The number of piperidine rings is 1. The minimum Gasteiger partial charge on any atom is -0.481 e. The molecule has 1 heterocycles. The Labute approximate surface area is 119 Å². The second-order valence-corrected chi connectivity index (χ2v) is 5.79. The highest BCUT2D eigenvalue weighted by Gasteiger charge is 2.35. The molecule has 20 heavy (non-hydrogen) atoms. The number of carboxylic acids is 1. The highest BCUT2D eigenvalue weighted by Crippen LogP contribution is 2.29. The molecule has 2 aliphatic rings. The van der Waals surface area contributed by atoms with E-state index in [1.807, 2.05) is 4.90 Å². The maximum Gasteiger partial charge on any atom is 0.320 e. The third kappa shape index (κ3) is 4.10. The van der Waals surface area contributed by atoms with Gasteiger partial charge in [0.25, 0.3) is 0 Å². The molecule has 1 aliphatic carbocycles. The highest BCUT2D eigenvalue weighted by molar-refractivity contribution is 5.75. The fraction of sp³-hybridized carbons (Fsp3) is 0.857. The van der Waals surface area contributed by atoms with E-state index in [4.69, 9.17) is 10.2 Å². The molecule has 0 atom stereocenters. The smallest absolute Gasteiger partial charge is 0.320 e. The molecule has 1 aliphatic heterocycles. The Balaban J connectivity index is 1.77. The second-order valence-electron chi connectivity index (χ2n) is 5.79. The summed E-state index contributed by atoms with van der Waals surface area (Å²) in [5, 5.41) is 17.7. The first-order chi connectivity index (χ1) is 9.61. The second kappa shape index (κ2) is 6.92. The average molecular weight is 284 g/mol. The Morgan fingerprint density at radius 3 is 2.30 bits per heavy atom. The number of aliphatic hydroxyl groups is 1. The van der Waals surface area contributed by atoms with Gasteiger partial charge in [-0.1, -0.05) is 0 Å². The lowest BCUT2D eigenvalue weighted by Crippen LogP contribution is -2.48. The van der Waals surface area contributed by atoms with Crippen LogP contribution in [0.25, 0.3) is 0 Å². The van der Waals surface area contributed by atoms with E-state index in [2.05, 4.69) is 0 Å². The number of carbonyl (C=O) groups excluding carboxylic acids is 1. The number of urea groups is 1. The van der Waals surface area contributed by atoms with Crippen LogP contribution in [0.4, 0.5) is 4.79 Å². The first-order valence-electron chi connectivity index (χ1n) is 7.50. The highest BCUT2D eigenvalue weighted by atomic mass is 16.4. The van der Waals surface area contributed by atoms with Crippen molar-refractivity contribution in [3.8, 4) is 0 Å². The SMILES string of the molecule is O=C(O)CCC1CCN(C(=O)N(CCO)C2CC2)CC1. The lowest BCUT2D eigenvalue weighted by Gasteiger charge is -2.35. The Bertz CT molecular complexity index is 349. The van der Waals surface area contributed by atoms with Crippen LogP contribution in [-0.2, 0) is 4.79 Å². The molecule has 2 fully saturated rings. The molecule has 0 aromatic heterocycles. The summed E-state index contributed by atoms with van der Waals surface area (Å²) in [7, 11) is 0. The molecule has 0 unspecified atom stereocenters. The van der Waals surface area contributed by atoms with Crippen LogP contribution in [0.1, 0.15) is 38.5 Å². The maximum atomic E-state index is 12.4. The molecule has 6 nitrogen and oxygen atoms in total. The van der Waals surface area contributed by atoms with Crippen LogP contribution in [0, 0.1) is 5.92 Å². The van der Waals surface area contributed by atoms with Crippen molar-refractivity contribution in [1.29, 1.82) is 0 Å². The Morgan fingerprint density at radius 2 is 1.80 bits per heavy atom. The van der Waals surface area contributed by atoms with E-state index < -0.39 is 5.97 Å². The number of rotatable bonds is 6. The van der Waals surface area contributed by atoms with Crippen LogP contribution in [0.5, 0.6) is 0 Å². The van der Waals surface area contributed by atoms with E-state index in [-0.39, 0.29) is 19.1 Å². The Morgan fingerprint density at radius 1 is 1.15 bits per heavy atom. The minimum atomic E-state index is -0.744. The molecule has 0 aromatic rings. The van der Waals surface area contributed by atoms with E-state index in [0.717, 1.165) is 25.7 Å². The number of carboxylic acid groups (broad SMARTS) is 1. The van der Waals surface area contributed by atoms with Gasteiger partial charge in [0.05, 0.1) is 6.61 Å². The number of nitrogens with zero attached hydrogens (tertiary/aromatic N) is 2. The van der Waals surface area contributed by atoms with Crippen molar-refractivity contribution in [1.82, 2.24) is 9.80 Å². The van der Waals surface area contributed by atoms with Gasteiger partial charge in [-0.2, -0.15) is 0 Å². The average Bonchev–Trinajstić information content (AvgIpc) is 3.27. The summed E-state index contributed by atoms with van der Waals surface area (Å²) in [6, 6.07) is 0.359. The maximum absolute atomic E-state index is 12.4. The topological polar surface area (TPSA) is 81.1 Å². The number of amides is 2. The molecule has 2 N–H and O–H groups in total. The van der Waals surface area contributed by atoms with Crippen LogP contribution in [0.15, 0.2) is 0 Å². The molecule has 0 aromatic carbocycles. The van der Waals surface area contributed by atoms with Crippen molar-refractivity contribution in [2.45, 2.75) is 44.6 Å². The summed E-state index contributed by atoms with van der Waals surface area (Å²) in [5.41, 5.74) is 0. The van der Waals surface area contributed by atoms with Gasteiger partial charge in [-0.05, 0) is 38.0 Å². The summed E-state index contributed by atoms with van der Waals surface area (Å²) in [4.78, 5) is 26.6. The zero-order valence-corrected chi connectivity index (χ0v) is 11.8. The monoisotopic (exact) mass is 284 g/mol. The van der Waals surface area contributed by atoms with E-state index in [9.17, 15) is 9.59 Å². The zero-order valence-electron chi connectivity index (χ0n) is 11.8. The van der Waals surface area contributed by atoms with Crippen molar-refractivity contribution in [2.24, 2.45) is 5.92 Å². The molecule has 1 saturated carbocycles. The number of aliphatic hydroxyl groups excluding tert-OH is 1. The van der Waals surface area contributed by atoms with Crippen LogP contribution >= 0.6 is 0 Å². The molecule has 2 amide bonds. The molecular weight excluding hydrogens is 260 g/mol. The summed E-state index contributed by atoms with van der Waals surface area (Å²) < 4.78 is 0. The van der Waals surface area contributed by atoms with Gasteiger partial charge in [-0.3, -0.25) is 4.79 Å². The van der Waals surface area contributed by atoms with Gasteiger partial charge in [-0.15, -0.1) is 0 Å². The van der Waals surface area contributed by atoms with Crippen molar-refractivity contribution >= 4 is 12.0 Å². The van der Waals surface area contributed by atoms with Gasteiger partial charge in [0.15, 0.2) is 0 Å².